The first kappa shape index (κ1) is 12.5. The second-order valence-corrected chi connectivity index (χ2v) is 4.51. The molecule has 15 heavy (non-hydrogen) atoms. The van der Waals surface area contributed by atoms with Crippen LogP contribution in [0.4, 0.5) is 5.82 Å². The van der Waals surface area contributed by atoms with E-state index in [0.29, 0.717) is 0 Å². The number of rotatable bonds is 5. The number of pyridine rings is 1. The monoisotopic (exact) mass is 271 g/mol. The van der Waals surface area contributed by atoms with E-state index < -0.39 is 0 Å². The van der Waals surface area contributed by atoms with Crippen LogP contribution in [0.25, 0.3) is 0 Å². The lowest BCUT2D eigenvalue weighted by Gasteiger charge is -2.23. The number of aromatic nitrogens is 1. The van der Waals surface area contributed by atoms with Crippen molar-refractivity contribution < 1.29 is 0 Å². The molecule has 0 saturated carbocycles. The molecule has 0 fully saturated rings. The molecule has 0 aliphatic heterocycles. The summed E-state index contributed by atoms with van der Waals surface area (Å²) in [7, 11) is 4.17. The molecular formula is C11H18BrN3. The molecule has 0 saturated heterocycles. The average Bonchev–Trinajstić information content (AvgIpc) is 2.18. The van der Waals surface area contributed by atoms with Crippen molar-refractivity contribution in [2.45, 2.75) is 6.92 Å². The van der Waals surface area contributed by atoms with E-state index in [0.717, 1.165) is 30.1 Å². The fourth-order valence-electron chi connectivity index (χ4n) is 1.33. The number of hydrogen-bond acceptors (Lipinski definition) is 3. The summed E-state index contributed by atoms with van der Waals surface area (Å²) in [6, 6.07) is 6.01. The summed E-state index contributed by atoms with van der Waals surface area (Å²) >= 11 is 3.39. The average molecular weight is 272 g/mol. The molecule has 84 valence electrons. The van der Waals surface area contributed by atoms with Crippen LogP contribution in [0.2, 0.25) is 0 Å². The number of anilines is 1. The molecule has 1 heterocycles. The molecule has 0 unspecified atom stereocenters. The van der Waals surface area contributed by atoms with Crippen LogP contribution in [-0.4, -0.2) is 43.6 Å². The zero-order valence-corrected chi connectivity index (χ0v) is 11.2. The first-order valence-corrected chi connectivity index (χ1v) is 5.95. The van der Waals surface area contributed by atoms with Gasteiger partial charge in [-0.2, -0.15) is 0 Å². The second-order valence-electron chi connectivity index (χ2n) is 3.70. The van der Waals surface area contributed by atoms with Crippen LogP contribution in [0.3, 0.4) is 0 Å². The summed E-state index contributed by atoms with van der Waals surface area (Å²) in [6.45, 7) is 5.19. The molecule has 0 amide bonds. The van der Waals surface area contributed by atoms with E-state index in [4.69, 9.17) is 0 Å². The summed E-state index contributed by atoms with van der Waals surface area (Å²) in [5, 5.41) is 0. The van der Waals surface area contributed by atoms with E-state index in [9.17, 15) is 0 Å². The normalized spacial score (nSPS) is 10.7. The van der Waals surface area contributed by atoms with Crippen molar-refractivity contribution in [2.75, 3.05) is 38.6 Å². The molecule has 4 heteroatoms. The summed E-state index contributed by atoms with van der Waals surface area (Å²) in [5.41, 5.74) is 0. The van der Waals surface area contributed by atoms with Crippen molar-refractivity contribution in [3.05, 3.63) is 22.8 Å². The molecule has 1 aromatic heterocycles. The Balaban J connectivity index is 2.65. The zero-order valence-electron chi connectivity index (χ0n) is 9.57. The molecule has 1 aromatic rings. The quantitative estimate of drug-likeness (QED) is 0.766. The predicted molar refractivity (Wildman–Crippen MR) is 68.4 cm³/mol. The molecule has 0 N–H and O–H groups in total. The van der Waals surface area contributed by atoms with Crippen molar-refractivity contribution in [3.63, 3.8) is 0 Å². The molecular weight excluding hydrogens is 254 g/mol. The molecule has 0 bridgehead atoms. The van der Waals surface area contributed by atoms with Gasteiger partial charge in [0.2, 0.25) is 0 Å². The molecule has 0 aliphatic carbocycles. The molecule has 0 aliphatic rings. The minimum Gasteiger partial charge on any atom is -0.356 e. The Bertz CT molecular complexity index is 302. The van der Waals surface area contributed by atoms with Crippen molar-refractivity contribution in [1.29, 1.82) is 0 Å². The van der Waals surface area contributed by atoms with Gasteiger partial charge >= 0.3 is 0 Å². The standard InChI is InChI=1S/C11H18BrN3/c1-4-15(9-8-14(2)3)11-7-5-6-10(12)13-11/h5-7H,4,8-9H2,1-3H3. The number of nitrogens with zero attached hydrogens (tertiary/aromatic N) is 3. The van der Waals surface area contributed by atoms with Gasteiger partial charge in [0.15, 0.2) is 0 Å². The van der Waals surface area contributed by atoms with Crippen LogP contribution in [0.15, 0.2) is 22.8 Å². The number of likely N-dealkylation sites (N-methyl/N-ethyl adjacent to an activating group) is 2. The first-order valence-electron chi connectivity index (χ1n) is 5.15. The minimum atomic E-state index is 0.892. The molecule has 0 spiro atoms. The van der Waals surface area contributed by atoms with Crippen LogP contribution in [0.5, 0.6) is 0 Å². The highest BCUT2D eigenvalue weighted by molar-refractivity contribution is 9.10. The van der Waals surface area contributed by atoms with Gasteiger partial charge in [0.25, 0.3) is 0 Å². The third-order valence-electron chi connectivity index (χ3n) is 2.22. The molecule has 0 radical (unpaired) electrons. The van der Waals surface area contributed by atoms with Gasteiger partial charge in [-0.1, -0.05) is 6.07 Å². The van der Waals surface area contributed by atoms with Gasteiger partial charge < -0.3 is 9.80 Å². The molecule has 0 atom stereocenters. The van der Waals surface area contributed by atoms with Crippen LogP contribution in [0, 0.1) is 0 Å². The Labute approximate surface area is 100 Å². The lowest BCUT2D eigenvalue weighted by Crippen LogP contribution is -2.32. The van der Waals surface area contributed by atoms with E-state index in [1.165, 1.54) is 0 Å². The van der Waals surface area contributed by atoms with Gasteiger partial charge in [-0.25, -0.2) is 4.98 Å². The minimum absolute atomic E-state index is 0.892. The highest BCUT2D eigenvalue weighted by atomic mass is 79.9. The molecule has 1 rings (SSSR count). The largest absolute Gasteiger partial charge is 0.356 e. The Hall–Kier alpha value is -0.610. The van der Waals surface area contributed by atoms with Crippen molar-refractivity contribution in [1.82, 2.24) is 9.88 Å². The lowest BCUT2D eigenvalue weighted by molar-refractivity contribution is 0.413. The van der Waals surface area contributed by atoms with Gasteiger partial charge in [0.05, 0.1) is 0 Å². The maximum absolute atomic E-state index is 4.45. The highest BCUT2D eigenvalue weighted by Crippen LogP contribution is 2.14. The van der Waals surface area contributed by atoms with Crippen molar-refractivity contribution in [3.8, 4) is 0 Å². The molecule has 0 aromatic carbocycles. The fraction of sp³-hybridized carbons (Fsp3) is 0.545. The van der Waals surface area contributed by atoms with E-state index in [-0.39, 0.29) is 0 Å². The van der Waals surface area contributed by atoms with Gasteiger partial charge in [-0.15, -0.1) is 0 Å². The van der Waals surface area contributed by atoms with Crippen LogP contribution >= 0.6 is 15.9 Å². The summed E-state index contributed by atoms with van der Waals surface area (Å²) < 4.78 is 0.892. The van der Waals surface area contributed by atoms with Gasteiger partial charge in [0.1, 0.15) is 10.4 Å². The fourth-order valence-corrected chi connectivity index (χ4v) is 1.66. The highest BCUT2D eigenvalue weighted by Gasteiger charge is 2.05. The summed E-state index contributed by atoms with van der Waals surface area (Å²) in [6.07, 6.45) is 0. The summed E-state index contributed by atoms with van der Waals surface area (Å²) in [5.74, 6) is 1.04. The second kappa shape index (κ2) is 6.08. The van der Waals surface area contributed by atoms with Crippen LogP contribution in [0.1, 0.15) is 6.92 Å². The van der Waals surface area contributed by atoms with Gasteiger partial charge in [-0.05, 0) is 49.1 Å². The van der Waals surface area contributed by atoms with E-state index in [2.05, 4.69) is 51.7 Å². The lowest BCUT2D eigenvalue weighted by atomic mass is 10.4. The number of hydrogen-bond donors (Lipinski definition) is 0. The van der Waals surface area contributed by atoms with Crippen molar-refractivity contribution >= 4 is 21.7 Å². The Morgan fingerprint density at radius 1 is 1.27 bits per heavy atom. The zero-order chi connectivity index (χ0) is 11.3. The smallest absolute Gasteiger partial charge is 0.129 e. The van der Waals surface area contributed by atoms with Gasteiger partial charge in [-0.3, -0.25) is 0 Å². The predicted octanol–water partition coefficient (Wildman–Crippen LogP) is 2.23. The van der Waals surface area contributed by atoms with Crippen molar-refractivity contribution in [2.24, 2.45) is 0 Å². The number of halogens is 1. The van der Waals surface area contributed by atoms with Gasteiger partial charge in [0, 0.05) is 19.6 Å². The Kier molecular flexibility index (Phi) is 5.05. The first-order chi connectivity index (χ1) is 7.13. The third-order valence-corrected chi connectivity index (χ3v) is 2.66. The Morgan fingerprint density at radius 2 is 2.00 bits per heavy atom. The topological polar surface area (TPSA) is 19.4 Å². The molecule has 3 nitrogen and oxygen atoms in total. The third kappa shape index (κ3) is 4.18. The SMILES string of the molecule is CCN(CCN(C)C)c1cccc(Br)n1. The maximum atomic E-state index is 4.45. The van der Waals surface area contributed by atoms with E-state index in [1.54, 1.807) is 0 Å². The maximum Gasteiger partial charge on any atom is 0.129 e. The van der Waals surface area contributed by atoms with E-state index in [1.807, 2.05) is 18.2 Å². The van der Waals surface area contributed by atoms with E-state index >= 15 is 0 Å². The van der Waals surface area contributed by atoms with Crippen LogP contribution < -0.4 is 4.90 Å². The van der Waals surface area contributed by atoms with Crippen LogP contribution in [-0.2, 0) is 0 Å². The summed E-state index contributed by atoms with van der Waals surface area (Å²) in [4.78, 5) is 8.90. The Morgan fingerprint density at radius 3 is 2.53 bits per heavy atom.